The van der Waals surface area contributed by atoms with Crippen LogP contribution in [0.1, 0.15) is 37.7 Å². The van der Waals surface area contributed by atoms with Gasteiger partial charge in [-0.3, -0.25) is 0 Å². The minimum absolute atomic E-state index is 0.427. The summed E-state index contributed by atoms with van der Waals surface area (Å²) < 4.78 is 0. The average Bonchev–Trinajstić information content (AvgIpc) is 2.56. The first-order valence-corrected chi connectivity index (χ1v) is 7.57. The Morgan fingerprint density at radius 2 is 2.05 bits per heavy atom. The van der Waals surface area contributed by atoms with E-state index in [1.807, 2.05) is 12.1 Å². The van der Waals surface area contributed by atoms with Crippen molar-refractivity contribution in [3.8, 4) is 6.07 Å². The minimum Gasteiger partial charge on any atom is -0.366 e. The summed E-state index contributed by atoms with van der Waals surface area (Å²) in [7, 11) is 0. The summed E-state index contributed by atoms with van der Waals surface area (Å²) in [6.45, 7) is 0. The molecule has 0 bridgehead atoms. The van der Waals surface area contributed by atoms with Gasteiger partial charge < -0.3 is 10.6 Å². The topological polar surface area (TPSA) is 86.5 Å². The van der Waals surface area contributed by atoms with E-state index in [2.05, 4.69) is 31.9 Å². The summed E-state index contributed by atoms with van der Waals surface area (Å²) in [4.78, 5) is 4.44. The zero-order valence-electron chi connectivity index (χ0n) is 12.3. The molecule has 1 saturated carbocycles. The molecule has 2 aromatic rings. The molecule has 1 heterocycles. The van der Waals surface area contributed by atoms with Gasteiger partial charge in [-0.05, 0) is 31.0 Å². The average molecular weight is 294 g/mol. The molecule has 1 aromatic heterocycles. The van der Waals surface area contributed by atoms with Crippen molar-refractivity contribution in [1.29, 1.82) is 5.26 Å². The normalized spacial score (nSPS) is 15.0. The van der Waals surface area contributed by atoms with E-state index < -0.39 is 0 Å². The third-order valence-corrected chi connectivity index (χ3v) is 3.76. The van der Waals surface area contributed by atoms with Crippen molar-refractivity contribution in [1.82, 2.24) is 15.2 Å². The zero-order valence-corrected chi connectivity index (χ0v) is 12.3. The Bertz CT molecular complexity index is 672. The van der Waals surface area contributed by atoms with Crippen molar-refractivity contribution in [3.63, 3.8) is 0 Å². The van der Waals surface area contributed by atoms with Crippen LogP contribution in [0.4, 0.5) is 17.5 Å². The minimum atomic E-state index is 0.427. The summed E-state index contributed by atoms with van der Waals surface area (Å²) in [6, 6.07) is 9.78. The highest BCUT2D eigenvalue weighted by Crippen LogP contribution is 2.21. The predicted molar refractivity (Wildman–Crippen MR) is 84.8 cm³/mol. The van der Waals surface area contributed by atoms with E-state index in [0.717, 1.165) is 11.5 Å². The molecule has 1 aliphatic rings. The second kappa shape index (κ2) is 6.85. The number of hydrogen-bond donors (Lipinski definition) is 2. The van der Waals surface area contributed by atoms with Crippen LogP contribution in [0.25, 0.3) is 0 Å². The maximum atomic E-state index is 8.92. The van der Waals surface area contributed by atoms with Crippen molar-refractivity contribution in [2.24, 2.45) is 0 Å². The molecule has 22 heavy (non-hydrogen) atoms. The highest BCUT2D eigenvalue weighted by atomic mass is 15.3. The molecular weight excluding hydrogens is 276 g/mol. The Labute approximate surface area is 129 Å². The molecular formula is C16H18N6. The van der Waals surface area contributed by atoms with Crippen LogP contribution in [0.3, 0.4) is 0 Å². The molecule has 6 heteroatoms. The van der Waals surface area contributed by atoms with Gasteiger partial charge >= 0.3 is 0 Å². The first kappa shape index (κ1) is 14.3. The number of nitrogens with zero attached hydrogens (tertiary/aromatic N) is 4. The molecule has 3 rings (SSSR count). The van der Waals surface area contributed by atoms with Crippen LogP contribution in [0.2, 0.25) is 0 Å². The second-order valence-corrected chi connectivity index (χ2v) is 5.46. The van der Waals surface area contributed by atoms with Gasteiger partial charge in [-0.2, -0.15) is 15.3 Å². The standard InChI is InChI=1S/C16H18N6/c17-10-12-5-4-8-14(9-12)20-16-21-15(11-18-22-16)19-13-6-2-1-3-7-13/h4-5,8-9,11,13H,1-3,6-7H2,(H2,19,20,21,22). The first-order chi connectivity index (χ1) is 10.8. The van der Waals surface area contributed by atoms with E-state index in [4.69, 9.17) is 5.26 Å². The largest absolute Gasteiger partial charge is 0.366 e. The molecule has 0 aliphatic heterocycles. The van der Waals surface area contributed by atoms with Crippen LogP contribution in [-0.4, -0.2) is 21.2 Å². The highest BCUT2D eigenvalue weighted by molar-refractivity contribution is 5.56. The Morgan fingerprint density at radius 3 is 2.86 bits per heavy atom. The van der Waals surface area contributed by atoms with Crippen LogP contribution in [0.15, 0.2) is 30.5 Å². The van der Waals surface area contributed by atoms with Crippen molar-refractivity contribution >= 4 is 17.5 Å². The van der Waals surface area contributed by atoms with Gasteiger partial charge in [0.25, 0.3) is 0 Å². The van der Waals surface area contributed by atoms with Crippen LogP contribution in [0.5, 0.6) is 0 Å². The molecule has 0 radical (unpaired) electrons. The maximum absolute atomic E-state index is 8.92. The molecule has 0 amide bonds. The quantitative estimate of drug-likeness (QED) is 0.900. The van der Waals surface area contributed by atoms with Gasteiger partial charge in [-0.15, -0.1) is 5.10 Å². The number of aromatic nitrogens is 3. The number of benzene rings is 1. The molecule has 112 valence electrons. The van der Waals surface area contributed by atoms with Crippen LogP contribution < -0.4 is 10.6 Å². The number of anilines is 3. The molecule has 0 spiro atoms. The van der Waals surface area contributed by atoms with E-state index in [9.17, 15) is 0 Å². The molecule has 1 aliphatic carbocycles. The summed E-state index contributed by atoms with van der Waals surface area (Å²) in [5, 5.41) is 23.4. The van der Waals surface area contributed by atoms with Gasteiger partial charge in [0.05, 0.1) is 17.8 Å². The Morgan fingerprint density at radius 1 is 1.18 bits per heavy atom. The van der Waals surface area contributed by atoms with Crippen LogP contribution in [0, 0.1) is 11.3 Å². The Kier molecular flexibility index (Phi) is 4.44. The van der Waals surface area contributed by atoms with Gasteiger partial charge in [0, 0.05) is 11.7 Å². The maximum Gasteiger partial charge on any atom is 0.249 e. The van der Waals surface area contributed by atoms with Crippen molar-refractivity contribution in [2.45, 2.75) is 38.1 Å². The van der Waals surface area contributed by atoms with Crippen molar-refractivity contribution < 1.29 is 0 Å². The molecule has 1 fully saturated rings. The molecule has 0 atom stereocenters. The monoisotopic (exact) mass is 294 g/mol. The van der Waals surface area contributed by atoms with Gasteiger partial charge in [0.1, 0.15) is 0 Å². The number of hydrogen-bond acceptors (Lipinski definition) is 6. The van der Waals surface area contributed by atoms with E-state index in [1.165, 1.54) is 32.1 Å². The fraction of sp³-hybridized carbons (Fsp3) is 0.375. The van der Waals surface area contributed by atoms with Gasteiger partial charge in [-0.1, -0.05) is 25.3 Å². The van der Waals surface area contributed by atoms with Crippen LogP contribution >= 0.6 is 0 Å². The number of rotatable bonds is 4. The number of nitrogens with one attached hydrogen (secondary N) is 2. The summed E-state index contributed by atoms with van der Waals surface area (Å²) >= 11 is 0. The molecule has 6 nitrogen and oxygen atoms in total. The first-order valence-electron chi connectivity index (χ1n) is 7.57. The fourth-order valence-corrected chi connectivity index (χ4v) is 2.68. The lowest BCUT2D eigenvalue weighted by atomic mass is 9.96. The van der Waals surface area contributed by atoms with E-state index in [-0.39, 0.29) is 0 Å². The van der Waals surface area contributed by atoms with Crippen LogP contribution in [-0.2, 0) is 0 Å². The zero-order chi connectivity index (χ0) is 15.2. The van der Waals surface area contributed by atoms with Gasteiger partial charge in [0.2, 0.25) is 5.95 Å². The smallest absolute Gasteiger partial charge is 0.249 e. The van der Waals surface area contributed by atoms with Gasteiger partial charge in [-0.25, -0.2) is 0 Å². The van der Waals surface area contributed by atoms with Crippen molar-refractivity contribution in [2.75, 3.05) is 10.6 Å². The lowest BCUT2D eigenvalue weighted by molar-refractivity contribution is 0.461. The van der Waals surface area contributed by atoms with E-state index >= 15 is 0 Å². The lowest BCUT2D eigenvalue weighted by Crippen LogP contribution is -2.23. The van der Waals surface area contributed by atoms with Crippen molar-refractivity contribution in [3.05, 3.63) is 36.0 Å². The molecule has 0 unspecified atom stereocenters. The molecule has 1 aromatic carbocycles. The summed E-state index contributed by atoms with van der Waals surface area (Å²) in [6.07, 6.45) is 7.85. The molecule has 2 N–H and O–H groups in total. The molecule has 0 saturated heterocycles. The Balaban J connectivity index is 1.69. The summed E-state index contributed by atoms with van der Waals surface area (Å²) in [5.74, 6) is 1.16. The van der Waals surface area contributed by atoms with E-state index in [0.29, 0.717) is 17.6 Å². The van der Waals surface area contributed by atoms with Gasteiger partial charge in [0.15, 0.2) is 5.82 Å². The highest BCUT2D eigenvalue weighted by Gasteiger charge is 2.14. The predicted octanol–water partition coefficient (Wildman–Crippen LogP) is 3.23. The lowest BCUT2D eigenvalue weighted by Gasteiger charge is -2.23. The fourth-order valence-electron chi connectivity index (χ4n) is 2.68. The Hall–Kier alpha value is -2.68. The number of nitriles is 1. The SMILES string of the molecule is N#Cc1cccc(Nc2nncc(NC3CCCCC3)n2)c1. The second-order valence-electron chi connectivity index (χ2n) is 5.46. The third kappa shape index (κ3) is 3.70. The van der Waals surface area contributed by atoms with E-state index in [1.54, 1.807) is 18.3 Å². The summed E-state index contributed by atoms with van der Waals surface area (Å²) in [5.41, 5.74) is 1.37. The third-order valence-electron chi connectivity index (χ3n) is 3.76.